The summed E-state index contributed by atoms with van der Waals surface area (Å²) in [6.45, 7) is 2.31. The van der Waals surface area contributed by atoms with E-state index in [-0.39, 0.29) is 35.3 Å². The van der Waals surface area contributed by atoms with Gasteiger partial charge < -0.3 is 9.64 Å². The van der Waals surface area contributed by atoms with Gasteiger partial charge in [0.2, 0.25) is 5.88 Å². The van der Waals surface area contributed by atoms with Crippen molar-refractivity contribution in [3.8, 4) is 17.3 Å². The molecule has 1 saturated carbocycles. The zero-order valence-electron chi connectivity index (χ0n) is 18.7. The van der Waals surface area contributed by atoms with Gasteiger partial charge in [0.15, 0.2) is 11.6 Å². The molecule has 7 nitrogen and oxygen atoms in total. The quantitative estimate of drug-likeness (QED) is 0.505. The Morgan fingerprint density at radius 1 is 1.06 bits per heavy atom. The summed E-state index contributed by atoms with van der Waals surface area (Å²) in [6.07, 6.45) is 1.73. The molecule has 3 atom stereocenters. The Hall–Kier alpha value is -3.63. The fourth-order valence-corrected chi connectivity index (χ4v) is 4.84. The summed E-state index contributed by atoms with van der Waals surface area (Å²) in [5, 5.41) is 0. The molecule has 1 unspecified atom stereocenters. The summed E-state index contributed by atoms with van der Waals surface area (Å²) < 4.78 is 57.9. The number of aromatic nitrogens is 4. The van der Waals surface area contributed by atoms with Crippen LogP contribution in [0.25, 0.3) is 11.4 Å². The standard InChI is InChI=1S/C24H21F4N5O2/c1-13-6-7-29-21(20(13)22-31-10-16(25)11-32-22)23(34)33-12-14-2-4-17(33)18(8-14)35-19-5-3-15(9-30-19)24(26,27)28/h3,5-7,9-11,14,17-18H,2,4,8,12H2,1H3/t14?,17-,18+/m0/s1. The van der Waals surface area contributed by atoms with E-state index >= 15 is 0 Å². The molecule has 0 N–H and O–H groups in total. The van der Waals surface area contributed by atoms with Gasteiger partial charge in [-0.2, -0.15) is 13.2 Å². The van der Waals surface area contributed by atoms with Crippen molar-refractivity contribution in [1.82, 2.24) is 24.8 Å². The summed E-state index contributed by atoms with van der Waals surface area (Å²) in [5.41, 5.74) is 0.461. The highest BCUT2D eigenvalue weighted by Crippen LogP contribution is 2.39. The number of halogens is 4. The van der Waals surface area contributed by atoms with Gasteiger partial charge in [0.05, 0.1) is 29.6 Å². The molecule has 5 heterocycles. The number of pyridine rings is 2. The lowest BCUT2D eigenvalue weighted by Gasteiger charge is -2.49. The minimum absolute atomic E-state index is 0.0806. The Balaban J connectivity index is 1.41. The Morgan fingerprint density at radius 2 is 1.83 bits per heavy atom. The van der Waals surface area contributed by atoms with Crippen molar-refractivity contribution in [2.24, 2.45) is 5.92 Å². The highest BCUT2D eigenvalue weighted by Gasteiger charge is 2.45. The maximum Gasteiger partial charge on any atom is 0.417 e. The first-order valence-electron chi connectivity index (χ1n) is 11.1. The van der Waals surface area contributed by atoms with Crippen molar-refractivity contribution in [1.29, 1.82) is 0 Å². The van der Waals surface area contributed by atoms with Crippen LogP contribution in [-0.2, 0) is 6.18 Å². The van der Waals surface area contributed by atoms with Gasteiger partial charge in [-0.05, 0) is 49.8 Å². The third-order valence-electron chi connectivity index (χ3n) is 6.52. The van der Waals surface area contributed by atoms with Gasteiger partial charge >= 0.3 is 6.18 Å². The van der Waals surface area contributed by atoms with Crippen molar-refractivity contribution in [2.45, 2.75) is 44.5 Å². The van der Waals surface area contributed by atoms with Crippen LogP contribution < -0.4 is 4.74 Å². The molecule has 0 radical (unpaired) electrons. The number of hydrogen-bond donors (Lipinski definition) is 0. The molecule has 35 heavy (non-hydrogen) atoms. The lowest BCUT2D eigenvalue weighted by atomic mass is 9.77. The van der Waals surface area contributed by atoms with E-state index in [1.807, 2.05) is 0 Å². The van der Waals surface area contributed by atoms with Crippen LogP contribution in [0.5, 0.6) is 5.88 Å². The second kappa shape index (κ2) is 8.86. The predicted octanol–water partition coefficient (Wildman–Crippen LogP) is 4.47. The molecular formula is C24H21F4N5O2. The lowest BCUT2D eigenvalue weighted by Crippen LogP contribution is -2.59. The minimum Gasteiger partial charge on any atom is -0.472 e. The van der Waals surface area contributed by atoms with Crippen LogP contribution in [0.15, 0.2) is 43.0 Å². The third kappa shape index (κ3) is 4.54. The first kappa shape index (κ1) is 23.1. The van der Waals surface area contributed by atoms with E-state index in [1.165, 1.54) is 12.3 Å². The molecule has 0 spiro atoms. The minimum atomic E-state index is -4.48. The number of carbonyl (C=O) groups excluding carboxylic acids is 1. The molecule has 182 valence electrons. The van der Waals surface area contributed by atoms with E-state index in [0.29, 0.717) is 24.9 Å². The number of nitrogens with zero attached hydrogens (tertiary/aromatic N) is 5. The van der Waals surface area contributed by atoms with E-state index < -0.39 is 23.7 Å². The van der Waals surface area contributed by atoms with Crippen LogP contribution in [0.3, 0.4) is 0 Å². The highest BCUT2D eigenvalue weighted by atomic mass is 19.4. The molecule has 2 bridgehead atoms. The summed E-state index contributed by atoms with van der Waals surface area (Å²) in [7, 11) is 0. The van der Waals surface area contributed by atoms with Crippen molar-refractivity contribution < 1.29 is 27.1 Å². The number of rotatable bonds is 4. The molecular weight excluding hydrogens is 466 g/mol. The highest BCUT2D eigenvalue weighted by molar-refractivity contribution is 5.99. The summed E-state index contributed by atoms with van der Waals surface area (Å²) in [5.74, 6) is -0.451. The fourth-order valence-electron chi connectivity index (χ4n) is 4.84. The second-order valence-electron chi connectivity index (χ2n) is 8.82. The fraction of sp³-hybridized carbons (Fsp3) is 0.375. The zero-order chi connectivity index (χ0) is 24.7. The molecule has 1 amide bonds. The number of carbonyl (C=O) groups is 1. The van der Waals surface area contributed by atoms with Gasteiger partial charge in [-0.1, -0.05) is 0 Å². The number of hydrogen-bond acceptors (Lipinski definition) is 6. The summed E-state index contributed by atoms with van der Waals surface area (Å²) >= 11 is 0. The smallest absolute Gasteiger partial charge is 0.417 e. The largest absolute Gasteiger partial charge is 0.472 e. The number of amides is 1. The maximum atomic E-state index is 13.7. The Kier molecular flexibility index (Phi) is 5.86. The monoisotopic (exact) mass is 487 g/mol. The van der Waals surface area contributed by atoms with Crippen LogP contribution in [0.1, 0.15) is 40.9 Å². The Morgan fingerprint density at radius 3 is 2.49 bits per heavy atom. The average Bonchev–Trinajstić information content (AvgIpc) is 2.84. The van der Waals surface area contributed by atoms with Gasteiger partial charge in [0.25, 0.3) is 5.91 Å². The number of alkyl halides is 3. The van der Waals surface area contributed by atoms with Crippen molar-refractivity contribution >= 4 is 5.91 Å². The van der Waals surface area contributed by atoms with Gasteiger partial charge in [-0.3, -0.25) is 9.78 Å². The van der Waals surface area contributed by atoms with Crippen LogP contribution in [-0.4, -0.2) is 49.4 Å². The molecule has 11 heteroatoms. The Bertz CT molecular complexity index is 1230. The van der Waals surface area contributed by atoms with E-state index in [4.69, 9.17) is 4.74 Å². The van der Waals surface area contributed by atoms with Crippen molar-refractivity contribution in [3.05, 3.63) is 65.6 Å². The molecule has 3 aliphatic rings. The molecule has 3 fully saturated rings. The van der Waals surface area contributed by atoms with Crippen LogP contribution >= 0.6 is 0 Å². The zero-order valence-corrected chi connectivity index (χ0v) is 18.7. The van der Waals surface area contributed by atoms with Crippen LogP contribution in [0.2, 0.25) is 0 Å². The molecule has 0 aromatic carbocycles. The molecule has 2 aliphatic heterocycles. The topological polar surface area (TPSA) is 81.1 Å². The SMILES string of the molecule is Cc1ccnc(C(=O)N2CC3CC[C@H]2[C@H](Oc2ccc(C(F)(F)F)cn2)C3)c1-c1ncc(F)cn1. The van der Waals surface area contributed by atoms with Gasteiger partial charge in [-0.15, -0.1) is 0 Å². The lowest BCUT2D eigenvalue weighted by molar-refractivity contribution is -0.137. The Labute approximate surface area is 198 Å². The number of ether oxygens (including phenoxy) is 1. The number of piperidine rings is 2. The molecule has 6 rings (SSSR count). The van der Waals surface area contributed by atoms with Crippen molar-refractivity contribution in [3.63, 3.8) is 0 Å². The predicted molar refractivity (Wildman–Crippen MR) is 116 cm³/mol. The summed E-state index contributed by atoms with van der Waals surface area (Å²) in [4.78, 5) is 31.6. The first-order chi connectivity index (χ1) is 16.7. The van der Waals surface area contributed by atoms with E-state index in [9.17, 15) is 22.4 Å². The van der Waals surface area contributed by atoms with Gasteiger partial charge in [0, 0.05) is 25.0 Å². The second-order valence-corrected chi connectivity index (χ2v) is 8.82. The molecule has 3 aromatic rings. The van der Waals surface area contributed by atoms with Crippen molar-refractivity contribution in [2.75, 3.05) is 6.54 Å². The first-order valence-corrected chi connectivity index (χ1v) is 11.1. The van der Waals surface area contributed by atoms with E-state index in [1.54, 1.807) is 17.9 Å². The number of aryl methyl sites for hydroxylation is 1. The van der Waals surface area contributed by atoms with Gasteiger partial charge in [-0.25, -0.2) is 19.3 Å². The van der Waals surface area contributed by atoms with Crippen LogP contribution in [0.4, 0.5) is 17.6 Å². The molecule has 2 saturated heterocycles. The molecule has 1 aliphatic carbocycles. The van der Waals surface area contributed by atoms with E-state index in [2.05, 4.69) is 19.9 Å². The third-order valence-corrected chi connectivity index (χ3v) is 6.52. The maximum absolute atomic E-state index is 13.7. The van der Waals surface area contributed by atoms with Gasteiger partial charge in [0.1, 0.15) is 11.8 Å². The molecule has 3 aromatic heterocycles. The summed E-state index contributed by atoms with van der Waals surface area (Å²) in [6, 6.07) is 3.56. The number of fused-ring (bicyclic) bond motifs is 3. The van der Waals surface area contributed by atoms with E-state index in [0.717, 1.165) is 36.6 Å². The normalized spacial score (nSPS) is 21.7. The average molecular weight is 487 g/mol. The van der Waals surface area contributed by atoms with Crippen LogP contribution in [0, 0.1) is 18.7 Å².